The van der Waals surface area contributed by atoms with Gasteiger partial charge in [-0.2, -0.15) is 0 Å². The zero-order valence-corrected chi connectivity index (χ0v) is 23.5. The first-order valence-corrected chi connectivity index (χ1v) is 16.5. The molecule has 1 aliphatic heterocycles. The van der Waals surface area contributed by atoms with Gasteiger partial charge in [0.2, 0.25) is 5.69 Å². The Morgan fingerprint density at radius 2 is 2.03 bits per heavy atom. The van der Waals surface area contributed by atoms with Gasteiger partial charge in [-0.3, -0.25) is 0 Å². The van der Waals surface area contributed by atoms with Crippen LogP contribution in [0.3, 0.4) is 0 Å². The average Bonchev–Trinajstić information content (AvgIpc) is 3.47. The molecule has 1 N–H and O–H groups in total. The van der Waals surface area contributed by atoms with Crippen molar-refractivity contribution in [1.82, 2.24) is 24.6 Å². The second-order valence-electron chi connectivity index (χ2n) is 10.9. The lowest BCUT2D eigenvalue weighted by Gasteiger charge is -2.25. The van der Waals surface area contributed by atoms with E-state index in [1.807, 2.05) is 29.8 Å². The molecule has 0 fully saturated rings. The number of aromatic nitrogens is 4. The first-order chi connectivity index (χ1) is 18.2. The van der Waals surface area contributed by atoms with Gasteiger partial charge in [-0.15, -0.1) is 5.10 Å². The normalized spacial score (nSPS) is 15.4. The maximum atomic E-state index is 13.8. The van der Waals surface area contributed by atoms with Crippen molar-refractivity contribution in [2.24, 2.45) is 0 Å². The molecule has 1 aliphatic rings. The standard InChI is InChI=1S/C28H33FN6O2Si/c1-18-15-19(29)7-8-20(18)25-28-32-27(33-35(28)12-11-31-25)24-16-21-23(10-9-22(30-2)26(21)36-3)34(24)17-37-13-14-38(4,5)6/h7-10,15-16,25,31H,11-14,17H2,1,3-6H3. The van der Waals surface area contributed by atoms with E-state index in [1.54, 1.807) is 19.2 Å². The minimum atomic E-state index is -1.24. The summed E-state index contributed by atoms with van der Waals surface area (Å²) in [7, 11) is 0.344. The molecular formula is C28H33FN6O2Si. The summed E-state index contributed by atoms with van der Waals surface area (Å²) in [5, 5.41) is 9.23. The maximum Gasteiger partial charge on any atom is 0.228 e. The summed E-state index contributed by atoms with van der Waals surface area (Å²) < 4.78 is 29.6. The monoisotopic (exact) mass is 532 g/mol. The first kappa shape index (κ1) is 26.1. The summed E-state index contributed by atoms with van der Waals surface area (Å²) in [6, 6.07) is 11.4. The average molecular weight is 533 g/mol. The zero-order valence-electron chi connectivity index (χ0n) is 22.5. The summed E-state index contributed by atoms with van der Waals surface area (Å²) in [4.78, 5) is 8.62. The summed E-state index contributed by atoms with van der Waals surface area (Å²) in [5.41, 5.74) is 3.99. The fourth-order valence-corrected chi connectivity index (χ4v) is 5.67. The van der Waals surface area contributed by atoms with Crippen molar-refractivity contribution in [3.05, 3.63) is 70.6 Å². The van der Waals surface area contributed by atoms with Crippen LogP contribution in [0.4, 0.5) is 10.1 Å². The number of ether oxygens (including phenoxy) is 2. The van der Waals surface area contributed by atoms with Crippen molar-refractivity contribution >= 4 is 24.7 Å². The van der Waals surface area contributed by atoms with Gasteiger partial charge in [0.05, 0.1) is 37.5 Å². The smallest absolute Gasteiger partial charge is 0.228 e. The fourth-order valence-electron chi connectivity index (χ4n) is 4.92. The molecule has 5 rings (SSSR count). The Morgan fingerprint density at radius 1 is 1.21 bits per heavy atom. The van der Waals surface area contributed by atoms with Gasteiger partial charge >= 0.3 is 0 Å². The second kappa shape index (κ2) is 10.3. The van der Waals surface area contributed by atoms with Crippen LogP contribution in [0.15, 0.2) is 36.4 Å². The topological polar surface area (TPSA) is 70.5 Å². The number of methoxy groups -OCH3 is 1. The molecule has 1 unspecified atom stereocenters. The third-order valence-corrected chi connectivity index (χ3v) is 8.66. The number of rotatable bonds is 8. The lowest BCUT2D eigenvalue weighted by molar-refractivity contribution is 0.0912. The van der Waals surface area contributed by atoms with Crippen molar-refractivity contribution in [3.63, 3.8) is 0 Å². The van der Waals surface area contributed by atoms with Crippen LogP contribution >= 0.6 is 0 Å². The van der Waals surface area contributed by atoms with Crippen LogP contribution in [-0.2, 0) is 18.0 Å². The third-order valence-electron chi connectivity index (χ3n) is 6.96. The van der Waals surface area contributed by atoms with E-state index in [0.29, 0.717) is 37.1 Å². The Balaban J connectivity index is 1.59. The largest absolute Gasteiger partial charge is 0.507 e. The van der Waals surface area contributed by atoms with Gasteiger partial charge in [-0.05, 0) is 48.4 Å². The predicted octanol–water partition coefficient (Wildman–Crippen LogP) is 5.91. The predicted molar refractivity (Wildman–Crippen MR) is 149 cm³/mol. The molecule has 1 atom stereocenters. The van der Waals surface area contributed by atoms with Gasteiger partial charge in [0.15, 0.2) is 5.82 Å². The molecule has 8 nitrogen and oxygen atoms in total. The van der Waals surface area contributed by atoms with Gasteiger partial charge in [0, 0.05) is 26.6 Å². The lowest BCUT2D eigenvalue weighted by atomic mass is 9.99. The molecule has 0 radical (unpaired) electrons. The Labute approximate surface area is 223 Å². The zero-order chi connectivity index (χ0) is 27.0. The molecule has 0 bridgehead atoms. The van der Waals surface area contributed by atoms with Crippen molar-refractivity contribution in [2.75, 3.05) is 20.3 Å². The molecule has 2 aromatic carbocycles. The molecule has 10 heteroatoms. The van der Waals surface area contributed by atoms with Crippen LogP contribution in [0.5, 0.6) is 5.75 Å². The number of aryl methyl sites for hydroxylation is 1. The Hall–Kier alpha value is -3.52. The van der Waals surface area contributed by atoms with Gasteiger partial charge in [0.1, 0.15) is 24.1 Å². The van der Waals surface area contributed by atoms with Gasteiger partial charge < -0.3 is 19.4 Å². The van der Waals surface area contributed by atoms with E-state index in [9.17, 15) is 4.39 Å². The van der Waals surface area contributed by atoms with Crippen LogP contribution in [0.25, 0.3) is 27.3 Å². The molecule has 38 heavy (non-hydrogen) atoms. The SMILES string of the molecule is [C-]#[N+]c1ccc2c(cc(-c3nc4n(n3)CCNC4c3ccc(F)cc3C)n2COCC[Si](C)(C)C)c1OC. The van der Waals surface area contributed by atoms with Crippen molar-refractivity contribution in [2.45, 2.75) is 51.9 Å². The molecular weight excluding hydrogens is 499 g/mol. The van der Waals surface area contributed by atoms with Crippen LogP contribution < -0.4 is 10.1 Å². The molecule has 4 aromatic rings. The summed E-state index contributed by atoms with van der Waals surface area (Å²) in [5.74, 6) is 1.64. The molecule has 2 aromatic heterocycles. The summed E-state index contributed by atoms with van der Waals surface area (Å²) in [6.45, 7) is 18.9. The fraction of sp³-hybridized carbons (Fsp3) is 0.393. The number of fused-ring (bicyclic) bond motifs is 2. The van der Waals surface area contributed by atoms with Gasteiger partial charge in [0.25, 0.3) is 0 Å². The highest BCUT2D eigenvalue weighted by atomic mass is 28.3. The molecule has 198 valence electrons. The molecule has 0 saturated carbocycles. The van der Waals surface area contributed by atoms with Gasteiger partial charge in [-0.1, -0.05) is 31.8 Å². The molecule has 0 aliphatic carbocycles. The summed E-state index contributed by atoms with van der Waals surface area (Å²) in [6.07, 6.45) is 0. The van der Waals surface area contributed by atoms with Crippen molar-refractivity contribution in [3.8, 4) is 17.3 Å². The Morgan fingerprint density at radius 3 is 2.74 bits per heavy atom. The van der Waals surface area contributed by atoms with Crippen LogP contribution in [0.1, 0.15) is 23.0 Å². The van der Waals surface area contributed by atoms with Crippen LogP contribution in [-0.4, -0.2) is 47.7 Å². The number of nitrogens with zero attached hydrogens (tertiary/aromatic N) is 5. The Bertz CT molecular complexity index is 1530. The van der Waals surface area contributed by atoms with Gasteiger partial charge in [-0.25, -0.2) is 18.9 Å². The van der Waals surface area contributed by atoms with E-state index in [2.05, 4.69) is 34.4 Å². The third kappa shape index (κ3) is 4.97. The lowest BCUT2D eigenvalue weighted by Crippen LogP contribution is -2.35. The Kier molecular flexibility index (Phi) is 7.09. The minimum Gasteiger partial charge on any atom is -0.507 e. The van der Waals surface area contributed by atoms with E-state index in [1.165, 1.54) is 6.07 Å². The van der Waals surface area contributed by atoms with E-state index in [0.717, 1.165) is 46.1 Å². The number of halogens is 1. The van der Waals surface area contributed by atoms with Crippen LogP contribution in [0.2, 0.25) is 25.7 Å². The number of benzene rings is 2. The van der Waals surface area contributed by atoms with Crippen molar-refractivity contribution < 1.29 is 13.9 Å². The number of nitrogens with one attached hydrogen (secondary N) is 1. The second-order valence-corrected chi connectivity index (χ2v) is 16.5. The highest BCUT2D eigenvalue weighted by Gasteiger charge is 2.28. The van der Waals surface area contributed by atoms with Crippen LogP contribution in [0, 0.1) is 19.3 Å². The number of hydrogen-bond acceptors (Lipinski definition) is 5. The highest BCUT2D eigenvalue weighted by Crippen LogP contribution is 2.40. The summed E-state index contributed by atoms with van der Waals surface area (Å²) >= 11 is 0. The quantitative estimate of drug-likeness (QED) is 0.174. The molecule has 0 amide bonds. The first-order valence-electron chi connectivity index (χ1n) is 12.8. The number of hydrogen-bond donors (Lipinski definition) is 1. The maximum absolute atomic E-state index is 13.8. The highest BCUT2D eigenvalue weighted by molar-refractivity contribution is 6.76. The van der Waals surface area contributed by atoms with Crippen molar-refractivity contribution in [1.29, 1.82) is 0 Å². The van der Waals surface area contributed by atoms with E-state index >= 15 is 0 Å². The van der Waals surface area contributed by atoms with E-state index in [4.69, 9.17) is 26.1 Å². The molecule has 0 saturated heterocycles. The molecule has 0 spiro atoms. The molecule has 3 heterocycles. The minimum absolute atomic E-state index is 0.195. The van der Waals surface area contributed by atoms with E-state index < -0.39 is 8.07 Å². The van der Waals surface area contributed by atoms with E-state index in [-0.39, 0.29) is 11.9 Å².